The van der Waals surface area contributed by atoms with E-state index in [0.29, 0.717) is 5.71 Å². The van der Waals surface area contributed by atoms with Crippen LogP contribution in [0, 0.1) is 0 Å². The van der Waals surface area contributed by atoms with Gasteiger partial charge < -0.3 is 0 Å². The van der Waals surface area contributed by atoms with Crippen LogP contribution in [0.1, 0.15) is 0 Å². The van der Waals surface area contributed by atoms with Crippen LogP contribution in [0.25, 0.3) is 0 Å². The highest BCUT2D eigenvalue weighted by Gasteiger charge is 2.16. The van der Waals surface area contributed by atoms with E-state index in [-0.39, 0.29) is 5.78 Å². The standard InChI is InChI=1S/C8H5NO/c10-7-3-1-2-6-4-5-9-8(6)7/h1-5H. The molecule has 0 saturated carbocycles. The zero-order valence-corrected chi connectivity index (χ0v) is 5.24. The van der Waals surface area contributed by atoms with Crippen molar-refractivity contribution < 1.29 is 4.79 Å². The van der Waals surface area contributed by atoms with Gasteiger partial charge >= 0.3 is 0 Å². The minimum absolute atomic E-state index is 0.00231. The molecule has 0 atom stereocenters. The Morgan fingerprint density at radius 3 is 3.00 bits per heavy atom. The molecule has 0 N–H and O–H groups in total. The predicted octanol–water partition coefficient (Wildman–Crippen LogP) is 1.02. The third kappa shape index (κ3) is 0.589. The first kappa shape index (κ1) is 5.35. The summed E-state index contributed by atoms with van der Waals surface area (Å²) in [6.07, 6.45) is 8.62. The van der Waals surface area contributed by atoms with Crippen LogP contribution in [0.5, 0.6) is 0 Å². The summed E-state index contributed by atoms with van der Waals surface area (Å²) >= 11 is 0. The van der Waals surface area contributed by atoms with Gasteiger partial charge in [-0.1, -0.05) is 12.2 Å². The van der Waals surface area contributed by atoms with E-state index in [0.717, 1.165) is 5.57 Å². The van der Waals surface area contributed by atoms with Crippen LogP contribution < -0.4 is 0 Å². The number of carbonyl (C=O) groups excluding carboxylic acids is 1. The summed E-state index contributed by atoms with van der Waals surface area (Å²) in [5, 5.41) is 0. The zero-order valence-electron chi connectivity index (χ0n) is 5.24. The molecule has 1 heterocycles. The third-order valence-electron chi connectivity index (χ3n) is 1.49. The average Bonchev–Trinajstić information content (AvgIpc) is 2.36. The Labute approximate surface area is 58.3 Å². The Bertz CT molecular complexity index is 299. The Morgan fingerprint density at radius 2 is 2.20 bits per heavy atom. The highest BCUT2D eigenvalue weighted by atomic mass is 16.1. The second kappa shape index (κ2) is 1.77. The normalized spacial score (nSPS) is 20.6. The molecule has 48 valence electrons. The van der Waals surface area contributed by atoms with Crippen molar-refractivity contribution in [1.29, 1.82) is 0 Å². The Hall–Kier alpha value is -1.44. The van der Waals surface area contributed by atoms with E-state index in [2.05, 4.69) is 4.99 Å². The molecular formula is C8H5NO. The Kier molecular flexibility index (Phi) is 0.947. The number of allylic oxidation sites excluding steroid dienone is 5. The van der Waals surface area contributed by atoms with Crippen LogP contribution in [-0.2, 0) is 4.79 Å². The average molecular weight is 131 g/mol. The molecule has 0 unspecified atom stereocenters. The largest absolute Gasteiger partial charge is 0.288 e. The summed E-state index contributed by atoms with van der Waals surface area (Å²) < 4.78 is 0. The summed E-state index contributed by atoms with van der Waals surface area (Å²) in [5.41, 5.74) is 1.50. The van der Waals surface area contributed by atoms with Gasteiger partial charge in [0.2, 0.25) is 5.78 Å². The highest BCUT2D eigenvalue weighted by molar-refractivity contribution is 6.51. The third-order valence-corrected chi connectivity index (χ3v) is 1.49. The van der Waals surface area contributed by atoms with Crippen molar-refractivity contribution in [3.05, 3.63) is 36.1 Å². The van der Waals surface area contributed by atoms with Gasteiger partial charge in [-0.15, -0.1) is 0 Å². The number of hydrogen-bond acceptors (Lipinski definition) is 2. The molecule has 0 bridgehead atoms. The second-order valence-corrected chi connectivity index (χ2v) is 2.14. The molecule has 2 heteroatoms. The molecule has 0 radical (unpaired) electrons. The van der Waals surface area contributed by atoms with Gasteiger partial charge in [0, 0.05) is 11.8 Å². The quantitative estimate of drug-likeness (QED) is 0.451. The van der Waals surface area contributed by atoms with Gasteiger partial charge in [0.1, 0.15) is 5.71 Å². The molecule has 2 nitrogen and oxygen atoms in total. The Morgan fingerprint density at radius 1 is 1.30 bits per heavy atom. The molecule has 10 heavy (non-hydrogen) atoms. The van der Waals surface area contributed by atoms with Crippen LogP contribution in [-0.4, -0.2) is 11.5 Å². The summed E-state index contributed by atoms with van der Waals surface area (Å²) in [6, 6.07) is 0. The number of nitrogens with zero attached hydrogens (tertiary/aromatic N) is 1. The van der Waals surface area contributed by atoms with Gasteiger partial charge in [-0.2, -0.15) is 0 Å². The molecule has 0 aromatic rings. The van der Waals surface area contributed by atoms with Crippen molar-refractivity contribution in [2.75, 3.05) is 0 Å². The summed E-state index contributed by atoms with van der Waals surface area (Å²) in [5.74, 6) is 0.00231. The molecular weight excluding hydrogens is 126 g/mol. The maximum Gasteiger partial charge on any atom is 0.204 e. The van der Waals surface area contributed by atoms with Gasteiger partial charge in [-0.05, 0) is 12.2 Å². The van der Waals surface area contributed by atoms with E-state index >= 15 is 0 Å². The first-order valence-electron chi connectivity index (χ1n) is 3.05. The minimum Gasteiger partial charge on any atom is -0.288 e. The molecule has 0 aromatic heterocycles. The van der Waals surface area contributed by atoms with E-state index in [1.54, 1.807) is 12.3 Å². The van der Waals surface area contributed by atoms with Crippen LogP contribution >= 0.6 is 0 Å². The van der Waals surface area contributed by atoms with Gasteiger partial charge in [0.05, 0.1) is 0 Å². The maximum absolute atomic E-state index is 11.0. The minimum atomic E-state index is 0.00231. The number of rotatable bonds is 0. The van der Waals surface area contributed by atoms with Crippen molar-refractivity contribution in [3.8, 4) is 0 Å². The van der Waals surface area contributed by atoms with E-state index in [1.807, 2.05) is 12.2 Å². The fraction of sp³-hybridized carbons (Fsp3) is 0. The van der Waals surface area contributed by atoms with Crippen molar-refractivity contribution in [2.45, 2.75) is 0 Å². The summed E-state index contributed by atoms with van der Waals surface area (Å²) in [6.45, 7) is 0. The molecule has 0 aromatic carbocycles. The Balaban J connectivity index is 2.54. The smallest absolute Gasteiger partial charge is 0.204 e. The fourth-order valence-corrected chi connectivity index (χ4v) is 1.00. The lowest BCUT2D eigenvalue weighted by atomic mass is 10.0. The lowest BCUT2D eigenvalue weighted by Crippen LogP contribution is -2.12. The number of aliphatic imine (C=N–C) groups is 1. The molecule has 2 aliphatic rings. The lowest BCUT2D eigenvalue weighted by molar-refractivity contribution is -0.108. The van der Waals surface area contributed by atoms with Crippen molar-refractivity contribution in [3.63, 3.8) is 0 Å². The molecule has 0 fully saturated rings. The summed E-state index contributed by atoms with van der Waals surface area (Å²) in [4.78, 5) is 14.9. The monoisotopic (exact) mass is 131 g/mol. The zero-order chi connectivity index (χ0) is 6.97. The van der Waals surface area contributed by atoms with E-state index in [1.165, 1.54) is 6.08 Å². The van der Waals surface area contributed by atoms with Crippen molar-refractivity contribution in [1.82, 2.24) is 0 Å². The van der Waals surface area contributed by atoms with Gasteiger partial charge in [0.25, 0.3) is 0 Å². The fourth-order valence-electron chi connectivity index (χ4n) is 1.00. The number of ketones is 1. The first-order chi connectivity index (χ1) is 4.88. The van der Waals surface area contributed by atoms with Crippen molar-refractivity contribution >= 4 is 11.5 Å². The van der Waals surface area contributed by atoms with E-state index in [9.17, 15) is 4.79 Å². The van der Waals surface area contributed by atoms with E-state index in [4.69, 9.17) is 0 Å². The SMILES string of the molecule is O=C1C=CC=C2C=CN=C12. The second-order valence-electron chi connectivity index (χ2n) is 2.14. The van der Waals surface area contributed by atoms with E-state index < -0.39 is 0 Å². The molecule has 1 aliphatic heterocycles. The summed E-state index contributed by atoms with van der Waals surface area (Å²) in [7, 11) is 0. The first-order valence-corrected chi connectivity index (χ1v) is 3.05. The molecule has 2 rings (SSSR count). The van der Waals surface area contributed by atoms with Crippen LogP contribution in [0.4, 0.5) is 0 Å². The lowest BCUT2D eigenvalue weighted by Gasteiger charge is -2.00. The topological polar surface area (TPSA) is 29.4 Å². The number of carbonyl (C=O) groups is 1. The van der Waals surface area contributed by atoms with Crippen molar-refractivity contribution in [2.24, 2.45) is 4.99 Å². The maximum atomic E-state index is 11.0. The number of hydrogen-bond donors (Lipinski definition) is 0. The van der Waals surface area contributed by atoms with Gasteiger partial charge in [-0.25, -0.2) is 0 Å². The van der Waals surface area contributed by atoms with Crippen LogP contribution in [0.15, 0.2) is 41.1 Å². The number of fused-ring (bicyclic) bond motifs is 1. The highest BCUT2D eigenvalue weighted by Crippen LogP contribution is 2.13. The van der Waals surface area contributed by atoms with Crippen LogP contribution in [0.3, 0.4) is 0 Å². The molecule has 0 saturated heterocycles. The molecule has 0 amide bonds. The molecule has 0 spiro atoms. The van der Waals surface area contributed by atoms with Gasteiger partial charge in [-0.3, -0.25) is 9.79 Å². The molecule has 1 aliphatic carbocycles. The predicted molar refractivity (Wildman–Crippen MR) is 38.8 cm³/mol. The van der Waals surface area contributed by atoms with Gasteiger partial charge in [0.15, 0.2) is 0 Å². The van der Waals surface area contributed by atoms with Crippen LogP contribution in [0.2, 0.25) is 0 Å².